The van der Waals surface area contributed by atoms with Crippen molar-refractivity contribution in [3.05, 3.63) is 11.1 Å². The van der Waals surface area contributed by atoms with E-state index in [1.54, 1.807) is 0 Å². The predicted octanol–water partition coefficient (Wildman–Crippen LogP) is 2.85. The van der Waals surface area contributed by atoms with E-state index in [9.17, 15) is 0 Å². The van der Waals surface area contributed by atoms with Crippen LogP contribution in [0.2, 0.25) is 5.28 Å². The summed E-state index contributed by atoms with van der Waals surface area (Å²) < 4.78 is 2.01. The molecule has 1 rings (SSSR count). The first-order chi connectivity index (χ1) is 6.07. The van der Waals surface area contributed by atoms with Crippen LogP contribution in [-0.4, -0.2) is 14.8 Å². The molecule has 0 aromatic carbocycles. The number of hydrogen-bond acceptors (Lipinski definition) is 2. The van der Waals surface area contributed by atoms with Crippen molar-refractivity contribution >= 4 is 11.6 Å². The van der Waals surface area contributed by atoms with Crippen LogP contribution in [0.4, 0.5) is 0 Å². The minimum atomic E-state index is 0.405. The molecule has 3 nitrogen and oxygen atoms in total. The minimum absolute atomic E-state index is 0.405. The van der Waals surface area contributed by atoms with E-state index in [2.05, 4.69) is 31.0 Å². The van der Waals surface area contributed by atoms with E-state index < -0.39 is 0 Å². The van der Waals surface area contributed by atoms with Gasteiger partial charge in [-0.3, -0.25) is 4.57 Å². The van der Waals surface area contributed by atoms with Gasteiger partial charge in [0.15, 0.2) is 0 Å². The number of rotatable bonds is 3. The molecule has 1 atom stereocenters. The van der Waals surface area contributed by atoms with Crippen LogP contribution in [0, 0.1) is 12.8 Å². The third kappa shape index (κ3) is 2.02. The van der Waals surface area contributed by atoms with Gasteiger partial charge in [0.1, 0.15) is 5.82 Å². The monoisotopic (exact) mass is 201 g/mol. The standard InChI is InChI=1S/C9H16ClN3/c1-5-8(6(2)3)13-7(4)11-12-9(13)10/h6,8H,5H2,1-4H3. The van der Waals surface area contributed by atoms with Gasteiger partial charge in [-0.05, 0) is 30.9 Å². The first kappa shape index (κ1) is 10.5. The van der Waals surface area contributed by atoms with E-state index in [0.717, 1.165) is 12.2 Å². The number of nitrogens with zero attached hydrogens (tertiary/aromatic N) is 3. The van der Waals surface area contributed by atoms with E-state index in [-0.39, 0.29) is 0 Å². The predicted molar refractivity (Wildman–Crippen MR) is 53.9 cm³/mol. The van der Waals surface area contributed by atoms with E-state index in [1.807, 2.05) is 11.5 Å². The Morgan fingerprint density at radius 2 is 2.00 bits per heavy atom. The molecule has 0 spiro atoms. The lowest BCUT2D eigenvalue weighted by molar-refractivity contribution is 0.359. The van der Waals surface area contributed by atoms with Crippen molar-refractivity contribution in [3.63, 3.8) is 0 Å². The highest BCUT2D eigenvalue weighted by molar-refractivity contribution is 6.28. The Hall–Kier alpha value is -0.570. The molecule has 74 valence electrons. The zero-order valence-electron chi connectivity index (χ0n) is 8.58. The summed E-state index contributed by atoms with van der Waals surface area (Å²) in [6, 6.07) is 0.405. The molecule has 0 fully saturated rings. The maximum absolute atomic E-state index is 5.95. The zero-order valence-corrected chi connectivity index (χ0v) is 9.34. The lowest BCUT2D eigenvalue weighted by Crippen LogP contribution is -2.15. The Bertz CT molecular complexity index is 261. The van der Waals surface area contributed by atoms with Gasteiger partial charge in [0.05, 0.1) is 0 Å². The molecule has 0 bridgehead atoms. The second kappa shape index (κ2) is 4.09. The van der Waals surface area contributed by atoms with Crippen LogP contribution < -0.4 is 0 Å². The van der Waals surface area contributed by atoms with Gasteiger partial charge in [-0.1, -0.05) is 20.8 Å². The average molecular weight is 202 g/mol. The molecule has 0 aliphatic carbocycles. The van der Waals surface area contributed by atoms with Gasteiger partial charge < -0.3 is 0 Å². The van der Waals surface area contributed by atoms with E-state index >= 15 is 0 Å². The topological polar surface area (TPSA) is 30.7 Å². The average Bonchev–Trinajstić information content (AvgIpc) is 2.36. The van der Waals surface area contributed by atoms with Crippen molar-refractivity contribution in [1.29, 1.82) is 0 Å². The third-order valence-corrected chi connectivity index (χ3v) is 2.60. The van der Waals surface area contributed by atoms with Gasteiger partial charge in [0.25, 0.3) is 0 Å². The van der Waals surface area contributed by atoms with Crippen LogP contribution in [0.3, 0.4) is 0 Å². The van der Waals surface area contributed by atoms with E-state index in [0.29, 0.717) is 17.2 Å². The molecule has 0 radical (unpaired) electrons. The fourth-order valence-corrected chi connectivity index (χ4v) is 1.96. The van der Waals surface area contributed by atoms with E-state index in [4.69, 9.17) is 11.6 Å². The second-order valence-electron chi connectivity index (χ2n) is 3.61. The highest BCUT2D eigenvalue weighted by Gasteiger charge is 2.18. The summed E-state index contributed by atoms with van der Waals surface area (Å²) in [5.41, 5.74) is 0. The summed E-state index contributed by atoms with van der Waals surface area (Å²) >= 11 is 5.95. The summed E-state index contributed by atoms with van der Waals surface area (Å²) in [4.78, 5) is 0. The van der Waals surface area contributed by atoms with Crippen LogP contribution in [0.25, 0.3) is 0 Å². The van der Waals surface area contributed by atoms with Crippen LogP contribution >= 0.6 is 11.6 Å². The van der Waals surface area contributed by atoms with Crippen molar-refractivity contribution < 1.29 is 0 Å². The van der Waals surface area contributed by atoms with Gasteiger partial charge in [-0.2, -0.15) is 0 Å². The maximum atomic E-state index is 5.95. The van der Waals surface area contributed by atoms with Crippen LogP contribution in [0.1, 0.15) is 39.1 Å². The van der Waals surface area contributed by atoms with Gasteiger partial charge in [-0.25, -0.2) is 0 Å². The number of halogens is 1. The van der Waals surface area contributed by atoms with Crippen LogP contribution in [0.15, 0.2) is 0 Å². The normalized spacial score (nSPS) is 13.7. The van der Waals surface area contributed by atoms with Gasteiger partial charge in [0, 0.05) is 6.04 Å². The van der Waals surface area contributed by atoms with Crippen molar-refractivity contribution in [3.8, 4) is 0 Å². The van der Waals surface area contributed by atoms with Gasteiger partial charge >= 0.3 is 0 Å². The lowest BCUT2D eigenvalue weighted by Gasteiger charge is -2.21. The summed E-state index contributed by atoms with van der Waals surface area (Å²) in [7, 11) is 0. The molecule has 0 amide bonds. The van der Waals surface area contributed by atoms with Crippen molar-refractivity contribution in [1.82, 2.24) is 14.8 Å². The summed E-state index contributed by atoms with van der Waals surface area (Å²) in [5.74, 6) is 1.45. The van der Waals surface area contributed by atoms with Gasteiger partial charge in [0.2, 0.25) is 5.28 Å². The number of aryl methyl sites for hydroxylation is 1. The molecule has 1 aromatic rings. The minimum Gasteiger partial charge on any atom is -0.299 e. The molecular formula is C9H16ClN3. The Morgan fingerprint density at radius 3 is 2.31 bits per heavy atom. The SMILES string of the molecule is CCC(C(C)C)n1c(C)nnc1Cl. The van der Waals surface area contributed by atoms with E-state index in [1.165, 1.54) is 0 Å². The molecule has 4 heteroatoms. The summed E-state index contributed by atoms with van der Waals surface area (Å²) in [6.07, 6.45) is 1.05. The maximum Gasteiger partial charge on any atom is 0.225 e. The fourth-order valence-electron chi connectivity index (χ4n) is 1.67. The Labute approximate surface area is 84.1 Å². The molecule has 1 heterocycles. The van der Waals surface area contributed by atoms with Crippen molar-refractivity contribution in [2.75, 3.05) is 0 Å². The van der Waals surface area contributed by atoms with Crippen molar-refractivity contribution in [2.24, 2.45) is 5.92 Å². The molecule has 1 aromatic heterocycles. The largest absolute Gasteiger partial charge is 0.299 e. The molecule has 0 N–H and O–H groups in total. The highest BCUT2D eigenvalue weighted by atomic mass is 35.5. The fraction of sp³-hybridized carbons (Fsp3) is 0.778. The number of aromatic nitrogens is 3. The third-order valence-electron chi connectivity index (χ3n) is 2.34. The van der Waals surface area contributed by atoms with Crippen LogP contribution in [0.5, 0.6) is 0 Å². The summed E-state index contributed by atoms with van der Waals surface area (Å²) in [5, 5.41) is 8.29. The molecule has 0 saturated heterocycles. The molecule has 0 aliphatic heterocycles. The Morgan fingerprint density at radius 1 is 1.38 bits per heavy atom. The first-order valence-electron chi connectivity index (χ1n) is 4.64. The molecule has 0 saturated carbocycles. The Balaban J connectivity index is 3.03. The summed E-state index contributed by atoms with van der Waals surface area (Å²) in [6.45, 7) is 8.46. The molecule has 0 aliphatic rings. The quantitative estimate of drug-likeness (QED) is 0.753. The number of hydrogen-bond donors (Lipinski definition) is 0. The zero-order chi connectivity index (χ0) is 10.0. The lowest BCUT2D eigenvalue weighted by atomic mass is 10.0. The van der Waals surface area contributed by atoms with Crippen molar-refractivity contribution in [2.45, 2.75) is 40.2 Å². The molecular weight excluding hydrogens is 186 g/mol. The highest BCUT2D eigenvalue weighted by Crippen LogP contribution is 2.25. The Kier molecular flexibility index (Phi) is 3.31. The first-order valence-corrected chi connectivity index (χ1v) is 5.02. The second-order valence-corrected chi connectivity index (χ2v) is 3.94. The molecule has 13 heavy (non-hydrogen) atoms. The smallest absolute Gasteiger partial charge is 0.225 e. The molecule has 1 unspecified atom stereocenters. The van der Waals surface area contributed by atoms with Gasteiger partial charge in [-0.15, -0.1) is 10.2 Å². The van der Waals surface area contributed by atoms with Crippen LogP contribution in [-0.2, 0) is 0 Å².